The van der Waals surface area contributed by atoms with Gasteiger partial charge in [-0.1, -0.05) is 37.3 Å². The highest BCUT2D eigenvalue weighted by Gasteiger charge is 1.98. The van der Waals surface area contributed by atoms with E-state index in [1.807, 2.05) is 36.4 Å². The lowest BCUT2D eigenvalue weighted by Crippen LogP contribution is -2.23. The van der Waals surface area contributed by atoms with Crippen LogP contribution in [-0.2, 0) is 6.42 Å². The van der Waals surface area contributed by atoms with Gasteiger partial charge in [-0.3, -0.25) is 5.43 Å². The maximum absolute atomic E-state index is 5.19. The van der Waals surface area contributed by atoms with Crippen LogP contribution in [0.5, 0.6) is 5.75 Å². The van der Waals surface area contributed by atoms with Gasteiger partial charge in [0.05, 0.1) is 13.3 Å². The van der Waals surface area contributed by atoms with Gasteiger partial charge in [-0.25, -0.2) is 0 Å². The Kier molecular flexibility index (Phi) is 5.91. The zero-order valence-corrected chi connectivity index (χ0v) is 13.5. The van der Waals surface area contributed by atoms with Crippen molar-refractivity contribution in [1.82, 2.24) is 5.43 Å². The lowest BCUT2D eigenvalue weighted by Gasteiger charge is -2.08. The Morgan fingerprint density at radius 3 is 2.68 bits per heavy atom. The number of rotatable bonds is 5. The molecule has 2 rings (SSSR count). The summed E-state index contributed by atoms with van der Waals surface area (Å²) in [6.07, 6.45) is 2.77. The van der Waals surface area contributed by atoms with E-state index in [9.17, 15) is 0 Å². The molecule has 0 radical (unpaired) electrons. The van der Waals surface area contributed by atoms with Crippen molar-refractivity contribution in [3.63, 3.8) is 0 Å². The largest absolute Gasteiger partial charge is 0.497 e. The molecule has 0 spiro atoms. The average molecular weight is 313 g/mol. The summed E-state index contributed by atoms with van der Waals surface area (Å²) >= 11 is 5.19. The minimum atomic E-state index is 0.426. The van der Waals surface area contributed by atoms with E-state index >= 15 is 0 Å². The molecule has 2 aromatic rings. The molecule has 0 amide bonds. The minimum Gasteiger partial charge on any atom is -0.497 e. The van der Waals surface area contributed by atoms with Gasteiger partial charge in [-0.15, -0.1) is 0 Å². The fraction of sp³-hybridized carbons (Fsp3) is 0.176. The van der Waals surface area contributed by atoms with Crippen molar-refractivity contribution in [2.75, 3.05) is 12.4 Å². The van der Waals surface area contributed by atoms with Gasteiger partial charge < -0.3 is 10.1 Å². The van der Waals surface area contributed by atoms with Crippen LogP contribution in [-0.4, -0.2) is 18.4 Å². The summed E-state index contributed by atoms with van der Waals surface area (Å²) in [5.74, 6) is 0.771. The molecular weight excluding hydrogens is 294 g/mol. The fourth-order valence-electron chi connectivity index (χ4n) is 1.86. The van der Waals surface area contributed by atoms with Crippen molar-refractivity contribution < 1.29 is 4.74 Å². The third-order valence-electron chi connectivity index (χ3n) is 3.10. The molecule has 0 atom stereocenters. The van der Waals surface area contributed by atoms with E-state index in [0.717, 1.165) is 23.4 Å². The number of nitrogens with zero attached hydrogens (tertiary/aromatic N) is 1. The second kappa shape index (κ2) is 8.14. The Morgan fingerprint density at radius 2 is 2.00 bits per heavy atom. The molecule has 0 aliphatic rings. The van der Waals surface area contributed by atoms with Crippen molar-refractivity contribution in [3.8, 4) is 5.75 Å². The second-order valence-electron chi connectivity index (χ2n) is 4.65. The lowest BCUT2D eigenvalue weighted by atomic mass is 10.1. The maximum Gasteiger partial charge on any atom is 0.191 e. The predicted octanol–water partition coefficient (Wildman–Crippen LogP) is 3.58. The first-order valence-electron chi connectivity index (χ1n) is 7.04. The summed E-state index contributed by atoms with van der Waals surface area (Å²) in [6, 6.07) is 15.8. The summed E-state index contributed by atoms with van der Waals surface area (Å²) < 4.78 is 5.16. The standard InChI is InChI=1S/C17H19N3OS/c1-3-13-7-9-14(10-8-13)12-18-20-17(22)19-15-5-4-6-16(11-15)21-2/h4-12H,3H2,1-2H3,(H2,19,20,22)/b18-12-. The first-order chi connectivity index (χ1) is 10.7. The van der Waals surface area contributed by atoms with Gasteiger partial charge in [0.25, 0.3) is 0 Å². The van der Waals surface area contributed by atoms with Crippen molar-refractivity contribution in [2.45, 2.75) is 13.3 Å². The molecule has 22 heavy (non-hydrogen) atoms. The zero-order valence-electron chi connectivity index (χ0n) is 12.7. The molecule has 4 nitrogen and oxygen atoms in total. The van der Waals surface area contributed by atoms with Gasteiger partial charge in [0.15, 0.2) is 5.11 Å². The number of ether oxygens (including phenoxy) is 1. The fourth-order valence-corrected chi connectivity index (χ4v) is 2.04. The highest BCUT2D eigenvalue weighted by molar-refractivity contribution is 7.80. The molecule has 0 heterocycles. The Morgan fingerprint density at radius 1 is 1.23 bits per heavy atom. The summed E-state index contributed by atoms with van der Waals surface area (Å²) in [4.78, 5) is 0. The average Bonchev–Trinajstić information content (AvgIpc) is 2.55. The highest BCUT2D eigenvalue weighted by atomic mass is 32.1. The third-order valence-corrected chi connectivity index (χ3v) is 3.29. The van der Waals surface area contributed by atoms with E-state index < -0.39 is 0 Å². The van der Waals surface area contributed by atoms with Gasteiger partial charge >= 0.3 is 0 Å². The van der Waals surface area contributed by atoms with Crippen molar-refractivity contribution in [2.24, 2.45) is 5.10 Å². The number of aryl methyl sites for hydroxylation is 1. The normalized spacial score (nSPS) is 10.5. The molecule has 0 unspecified atom stereocenters. The predicted molar refractivity (Wildman–Crippen MR) is 95.8 cm³/mol. The van der Waals surface area contributed by atoms with Crippen LogP contribution in [0.3, 0.4) is 0 Å². The van der Waals surface area contributed by atoms with Gasteiger partial charge in [0, 0.05) is 11.8 Å². The molecular formula is C17H19N3OS. The number of benzene rings is 2. The second-order valence-corrected chi connectivity index (χ2v) is 5.06. The summed E-state index contributed by atoms with van der Waals surface area (Å²) in [5, 5.41) is 7.60. The molecule has 2 N–H and O–H groups in total. The maximum atomic E-state index is 5.19. The topological polar surface area (TPSA) is 45.7 Å². The number of nitrogens with one attached hydrogen (secondary N) is 2. The first kappa shape index (κ1) is 16.0. The summed E-state index contributed by atoms with van der Waals surface area (Å²) in [5.41, 5.74) is 5.97. The van der Waals surface area contributed by atoms with Gasteiger partial charge in [-0.2, -0.15) is 5.10 Å². The number of methoxy groups -OCH3 is 1. The van der Waals surface area contributed by atoms with Crippen molar-refractivity contribution in [1.29, 1.82) is 0 Å². The number of thiocarbonyl (C=S) groups is 1. The number of hydrogen-bond donors (Lipinski definition) is 2. The zero-order chi connectivity index (χ0) is 15.8. The Hall–Kier alpha value is -2.40. The monoisotopic (exact) mass is 313 g/mol. The number of anilines is 1. The number of hydrazone groups is 1. The molecule has 2 aromatic carbocycles. The van der Waals surface area contributed by atoms with E-state index in [4.69, 9.17) is 17.0 Å². The van der Waals surface area contributed by atoms with Crippen LogP contribution in [0.1, 0.15) is 18.1 Å². The van der Waals surface area contributed by atoms with Crippen molar-refractivity contribution >= 4 is 29.2 Å². The molecule has 0 aromatic heterocycles. The van der Waals surface area contributed by atoms with Crippen LogP contribution in [0.15, 0.2) is 53.6 Å². The van der Waals surface area contributed by atoms with E-state index in [1.165, 1.54) is 5.56 Å². The molecule has 0 aliphatic carbocycles. The van der Waals surface area contributed by atoms with Crippen LogP contribution < -0.4 is 15.5 Å². The lowest BCUT2D eigenvalue weighted by molar-refractivity contribution is 0.415. The third kappa shape index (κ3) is 4.86. The molecule has 0 aliphatic heterocycles. The van der Waals surface area contributed by atoms with E-state index in [2.05, 4.69) is 34.9 Å². The number of hydrogen-bond acceptors (Lipinski definition) is 3. The van der Waals surface area contributed by atoms with Crippen LogP contribution >= 0.6 is 12.2 Å². The van der Waals surface area contributed by atoms with Gasteiger partial charge in [-0.05, 0) is 41.9 Å². The highest BCUT2D eigenvalue weighted by Crippen LogP contribution is 2.16. The summed E-state index contributed by atoms with van der Waals surface area (Å²) in [6.45, 7) is 2.13. The smallest absolute Gasteiger partial charge is 0.191 e. The Bertz CT molecular complexity index is 653. The molecule has 0 saturated heterocycles. The van der Waals surface area contributed by atoms with E-state index in [0.29, 0.717) is 5.11 Å². The Balaban J connectivity index is 1.87. The van der Waals surface area contributed by atoms with Crippen LogP contribution in [0.4, 0.5) is 5.69 Å². The van der Waals surface area contributed by atoms with Gasteiger partial charge in [0.2, 0.25) is 0 Å². The Labute approximate surface area is 136 Å². The molecule has 114 valence electrons. The first-order valence-corrected chi connectivity index (χ1v) is 7.45. The molecule has 0 saturated carbocycles. The van der Waals surface area contributed by atoms with Crippen LogP contribution in [0.25, 0.3) is 0 Å². The van der Waals surface area contributed by atoms with Crippen LogP contribution in [0.2, 0.25) is 0 Å². The molecule has 0 bridgehead atoms. The minimum absolute atomic E-state index is 0.426. The van der Waals surface area contributed by atoms with E-state index in [-0.39, 0.29) is 0 Å². The molecule has 0 fully saturated rings. The van der Waals surface area contributed by atoms with Gasteiger partial charge in [0.1, 0.15) is 5.75 Å². The van der Waals surface area contributed by atoms with E-state index in [1.54, 1.807) is 13.3 Å². The quantitative estimate of drug-likeness (QED) is 0.503. The SMILES string of the molecule is CCc1ccc(/C=N\NC(=S)Nc2cccc(OC)c2)cc1. The summed E-state index contributed by atoms with van der Waals surface area (Å²) in [7, 11) is 1.63. The molecule has 5 heteroatoms. The van der Waals surface area contributed by atoms with Crippen molar-refractivity contribution in [3.05, 3.63) is 59.7 Å². The van der Waals surface area contributed by atoms with Crippen LogP contribution in [0, 0.1) is 0 Å².